The van der Waals surface area contributed by atoms with E-state index in [1.165, 1.54) is 7.11 Å². The molecule has 0 bridgehead atoms. The van der Waals surface area contributed by atoms with Gasteiger partial charge in [0.1, 0.15) is 6.17 Å². The van der Waals surface area contributed by atoms with Gasteiger partial charge in [-0.2, -0.15) is 0 Å². The highest BCUT2D eigenvalue weighted by Crippen LogP contribution is 2.41. The number of fused-ring (bicyclic) bond motifs is 1. The molecular weight excluding hydrogens is 330 g/mol. The molecule has 26 heavy (non-hydrogen) atoms. The number of phenolic OH excluding ortho intramolecular Hbond substituents is 1. The molecule has 2 aliphatic rings. The number of hydrazine groups is 1. The Morgan fingerprint density at radius 2 is 1.96 bits per heavy atom. The minimum Gasteiger partial charge on any atom is -0.504 e. The van der Waals surface area contributed by atoms with E-state index in [0.29, 0.717) is 5.75 Å². The fourth-order valence-electron chi connectivity index (χ4n) is 3.92. The van der Waals surface area contributed by atoms with Gasteiger partial charge in [-0.1, -0.05) is 30.7 Å². The number of aromatic hydroxyl groups is 1. The molecule has 136 valence electrons. The van der Waals surface area contributed by atoms with E-state index in [4.69, 9.17) is 4.74 Å². The van der Waals surface area contributed by atoms with E-state index in [-0.39, 0.29) is 23.9 Å². The van der Waals surface area contributed by atoms with Gasteiger partial charge in [0.05, 0.1) is 18.8 Å². The lowest BCUT2D eigenvalue weighted by atomic mass is 10.0. The first-order valence-corrected chi connectivity index (χ1v) is 8.96. The van der Waals surface area contributed by atoms with Crippen LogP contribution in [0.2, 0.25) is 0 Å². The predicted octanol–water partition coefficient (Wildman–Crippen LogP) is 3.12. The molecule has 2 unspecified atom stereocenters. The van der Waals surface area contributed by atoms with Crippen molar-refractivity contribution in [2.45, 2.75) is 31.5 Å². The lowest BCUT2D eigenvalue weighted by Crippen LogP contribution is -2.38. The summed E-state index contributed by atoms with van der Waals surface area (Å²) in [6, 6.07) is 14.9. The first-order chi connectivity index (χ1) is 12.7. The van der Waals surface area contributed by atoms with Crippen LogP contribution in [0.1, 0.15) is 31.0 Å². The zero-order valence-corrected chi connectivity index (χ0v) is 14.8. The van der Waals surface area contributed by atoms with Gasteiger partial charge in [-0.3, -0.25) is 15.1 Å². The molecule has 0 aromatic heterocycles. The molecule has 2 heterocycles. The number of rotatable bonds is 4. The number of carbonyl (C=O) groups is 1. The lowest BCUT2D eigenvalue weighted by molar-refractivity contribution is -0.129. The molecule has 6 heteroatoms. The van der Waals surface area contributed by atoms with Gasteiger partial charge >= 0.3 is 0 Å². The summed E-state index contributed by atoms with van der Waals surface area (Å²) in [6.07, 6.45) is 2.74. The molecule has 2 fully saturated rings. The van der Waals surface area contributed by atoms with E-state index in [0.717, 1.165) is 37.1 Å². The maximum absolute atomic E-state index is 13.1. The van der Waals surface area contributed by atoms with E-state index >= 15 is 0 Å². The van der Waals surface area contributed by atoms with Crippen molar-refractivity contribution >= 4 is 11.6 Å². The van der Waals surface area contributed by atoms with E-state index in [1.54, 1.807) is 17.1 Å². The zero-order valence-electron chi connectivity index (χ0n) is 14.8. The normalized spacial score (nSPS) is 23.0. The molecule has 6 nitrogen and oxygen atoms in total. The molecule has 2 aliphatic heterocycles. The van der Waals surface area contributed by atoms with Crippen LogP contribution in [0, 0.1) is 0 Å². The lowest BCUT2D eigenvalue weighted by Gasteiger charge is -2.34. The number of anilines is 1. The molecule has 1 amide bonds. The van der Waals surface area contributed by atoms with Gasteiger partial charge in [-0.25, -0.2) is 5.01 Å². The van der Waals surface area contributed by atoms with E-state index in [9.17, 15) is 9.90 Å². The van der Waals surface area contributed by atoms with Crippen LogP contribution in [0.4, 0.5) is 5.69 Å². The van der Waals surface area contributed by atoms with Crippen molar-refractivity contribution in [1.82, 2.24) is 9.91 Å². The van der Waals surface area contributed by atoms with Crippen LogP contribution in [0.5, 0.6) is 11.5 Å². The molecule has 4 rings (SSSR count). The monoisotopic (exact) mass is 353 g/mol. The van der Waals surface area contributed by atoms with Gasteiger partial charge in [0, 0.05) is 6.54 Å². The zero-order chi connectivity index (χ0) is 18.1. The van der Waals surface area contributed by atoms with Gasteiger partial charge in [-0.15, -0.1) is 0 Å². The van der Waals surface area contributed by atoms with Crippen LogP contribution in [0.3, 0.4) is 0 Å². The number of benzene rings is 2. The smallest absolute Gasteiger partial charge is 0.260 e. The second kappa shape index (κ2) is 6.88. The highest BCUT2D eigenvalue weighted by atomic mass is 16.5. The van der Waals surface area contributed by atoms with E-state index in [1.807, 2.05) is 36.4 Å². The number of hydrogen-bond acceptors (Lipinski definition) is 5. The van der Waals surface area contributed by atoms with Crippen molar-refractivity contribution < 1.29 is 14.6 Å². The summed E-state index contributed by atoms with van der Waals surface area (Å²) in [4.78, 5) is 15.3. The molecule has 2 aromatic carbocycles. The van der Waals surface area contributed by atoms with Gasteiger partial charge in [0.2, 0.25) is 0 Å². The SMILES string of the molecule is COc1ccc(C2N(Nc3ccccc3)C(=O)C3CCCCN32)cc1O. The molecule has 2 N–H and O–H groups in total. The van der Waals surface area contributed by atoms with E-state index in [2.05, 4.69) is 10.3 Å². The van der Waals surface area contributed by atoms with Gasteiger partial charge in [-0.05, 0) is 42.7 Å². The summed E-state index contributed by atoms with van der Waals surface area (Å²) < 4.78 is 5.15. The Morgan fingerprint density at radius 3 is 2.69 bits per heavy atom. The third kappa shape index (κ3) is 2.86. The van der Waals surface area contributed by atoms with Crippen molar-refractivity contribution in [2.24, 2.45) is 0 Å². The minimum absolute atomic E-state index is 0.0776. The number of methoxy groups -OCH3 is 1. The minimum atomic E-state index is -0.259. The highest BCUT2D eigenvalue weighted by molar-refractivity contribution is 5.86. The number of nitrogens with one attached hydrogen (secondary N) is 1. The number of para-hydroxylation sites is 1. The number of ether oxygens (including phenoxy) is 1. The fraction of sp³-hybridized carbons (Fsp3) is 0.350. The Bertz CT molecular complexity index is 796. The Balaban J connectivity index is 1.71. The first kappa shape index (κ1) is 16.7. The van der Waals surface area contributed by atoms with Crippen LogP contribution in [-0.4, -0.2) is 40.6 Å². The van der Waals surface area contributed by atoms with Gasteiger partial charge in [0.15, 0.2) is 11.5 Å². The first-order valence-electron chi connectivity index (χ1n) is 8.96. The molecule has 2 saturated heterocycles. The maximum Gasteiger partial charge on any atom is 0.260 e. The Morgan fingerprint density at radius 1 is 1.15 bits per heavy atom. The number of phenols is 1. The van der Waals surface area contributed by atoms with Crippen LogP contribution >= 0.6 is 0 Å². The van der Waals surface area contributed by atoms with Crippen LogP contribution in [0.15, 0.2) is 48.5 Å². The van der Waals surface area contributed by atoms with Crippen molar-refractivity contribution in [3.8, 4) is 11.5 Å². The second-order valence-corrected chi connectivity index (χ2v) is 6.74. The summed E-state index contributed by atoms with van der Waals surface area (Å²) in [6.45, 7) is 0.862. The van der Waals surface area contributed by atoms with Crippen molar-refractivity contribution in [1.29, 1.82) is 0 Å². The molecule has 2 atom stereocenters. The number of amides is 1. The average Bonchev–Trinajstić information content (AvgIpc) is 2.95. The average molecular weight is 353 g/mol. The Kier molecular flexibility index (Phi) is 4.42. The van der Waals surface area contributed by atoms with Gasteiger partial charge < -0.3 is 9.84 Å². The van der Waals surface area contributed by atoms with Crippen molar-refractivity contribution in [3.63, 3.8) is 0 Å². The molecular formula is C20H23N3O3. The Hall–Kier alpha value is -2.73. The fourth-order valence-corrected chi connectivity index (χ4v) is 3.92. The summed E-state index contributed by atoms with van der Waals surface area (Å²) in [5, 5.41) is 11.9. The number of nitrogens with zero attached hydrogens (tertiary/aromatic N) is 2. The highest BCUT2D eigenvalue weighted by Gasteiger charge is 2.48. The Labute approximate surface area is 153 Å². The number of hydrogen-bond donors (Lipinski definition) is 2. The summed E-state index contributed by atoms with van der Waals surface area (Å²) >= 11 is 0. The second-order valence-electron chi connectivity index (χ2n) is 6.74. The molecule has 0 radical (unpaired) electrons. The molecule has 0 saturated carbocycles. The largest absolute Gasteiger partial charge is 0.504 e. The quantitative estimate of drug-likeness (QED) is 0.884. The number of carbonyl (C=O) groups excluding carboxylic acids is 1. The standard InChI is InChI=1S/C20H23N3O3/c1-26-18-11-10-14(13-17(18)24)19-22-12-6-5-9-16(22)20(25)23(19)21-15-7-3-2-4-8-15/h2-4,7-8,10-11,13,16,19,21,24H,5-6,9,12H2,1H3. The summed E-state index contributed by atoms with van der Waals surface area (Å²) in [5.41, 5.74) is 5.00. The molecule has 0 spiro atoms. The van der Waals surface area contributed by atoms with E-state index < -0.39 is 0 Å². The van der Waals surface area contributed by atoms with Crippen molar-refractivity contribution in [2.75, 3.05) is 19.1 Å². The predicted molar refractivity (Wildman–Crippen MR) is 98.7 cm³/mol. The molecule has 2 aromatic rings. The van der Waals surface area contributed by atoms with Gasteiger partial charge in [0.25, 0.3) is 5.91 Å². The van der Waals surface area contributed by atoms with Crippen molar-refractivity contribution in [3.05, 3.63) is 54.1 Å². The van der Waals surface area contributed by atoms with Crippen LogP contribution in [0.25, 0.3) is 0 Å². The number of piperidine rings is 1. The van der Waals surface area contributed by atoms with Crippen LogP contribution in [-0.2, 0) is 4.79 Å². The maximum atomic E-state index is 13.1. The third-order valence-electron chi connectivity index (χ3n) is 5.15. The summed E-state index contributed by atoms with van der Waals surface area (Å²) in [7, 11) is 1.53. The topological polar surface area (TPSA) is 65.0 Å². The summed E-state index contributed by atoms with van der Waals surface area (Å²) in [5.74, 6) is 0.585. The third-order valence-corrected chi connectivity index (χ3v) is 5.15. The van der Waals surface area contributed by atoms with Crippen LogP contribution < -0.4 is 10.2 Å². The molecule has 0 aliphatic carbocycles.